The van der Waals surface area contributed by atoms with E-state index in [2.05, 4.69) is 29.1 Å². The Balaban J connectivity index is 2.15. The summed E-state index contributed by atoms with van der Waals surface area (Å²) in [6.45, 7) is 9.77. The van der Waals surface area contributed by atoms with Gasteiger partial charge in [-0.15, -0.1) is 0 Å². The molecule has 1 atom stereocenters. The second-order valence-corrected chi connectivity index (χ2v) is 4.55. The molecule has 0 amide bonds. The van der Waals surface area contributed by atoms with Gasteiger partial charge >= 0.3 is 0 Å². The van der Waals surface area contributed by atoms with Crippen LogP contribution in [-0.2, 0) is 0 Å². The van der Waals surface area contributed by atoms with E-state index < -0.39 is 0 Å². The van der Waals surface area contributed by atoms with E-state index in [0.717, 1.165) is 26.1 Å². The van der Waals surface area contributed by atoms with Crippen molar-refractivity contribution in [3.05, 3.63) is 0 Å². The Kier molecular flexibility index (Phi) is 6.23. The van der Waals surface area contributed by atoms with Crippen molar-refractivity contribution < 1.29 is 0 Å². The first-order valence-corrected chi connectivity index (χ1v) is 6.52. The van der Waals surface area contributed by atoms with Gasteiger partial charge in [-0.1, -0.05) is 20.3 Å². The smallest absolute Gasteiger partial charge is 0.188 e. The number of hydrogen-bond donors (Lipinski definition) is 2. The Bertz CT molecular complexity index is 215. The molecule has 1 aliphatic heterocycles. The lowest BCUT2D eigenvalue weighted by atomic mass is 10.1. The number of nitrogens with two attached hydrogens (primary N) is 1. The zero-order valence-corrected chi connectivity index (χ0v) is 10.7. The Morgan fingerprint density at radius 2 is 2.31 bits per heavy atom. The molecule has 0 aromatic rings. The number of likely N-dealkylation sites (tertiary alicyclic amines) is 1. The van der Waals surface area contributed by atoms with Crippen LogP contribution in [0.1, 0.15) is 33.1 Å². The molecule has 1 fully saturated rings. The Morgan fingerprint density at radius 1 is 1.50 bits per heavy atom. The lowest BCUT2D eigenvalue weighted by Crippen LogP contribution is -2.33. The fourth-order valence-electron chi connectivity index (χ4n) is 2.03. The molecule has 3 N–H and O–H groups in total. The first-order chi connectivity index (χ1) is 7.76. The molecular formula is C12H26N4. The van der Waals surface area contributed by atoms with Crippen LogP contribution in [0.25, 0.3) is 0 Å². The molecule has 1 saturated heterocycles. The predicted molar refractivity (Wildman–Crippen MR) is 69.6 cm³/mol. The molecule has 16 heavy (non-hydrogen) atoms. The van der Waals surface area contributed by atoms with Crippen molar-refractivity contribution in [1.29, 1.82) is 0 Å². The molecule has 0 radical (unpaired) electrons. The summed E-state index contributed by atoms with van der Waals surface area (Å²) in [5.74, 6) is 1.31. The van der Waals surface area contributed by atoms with E-state index in [1.54, 1.807) is 0 Å². The van der Waals surface area contributed by atoms with Crippen molar-refractivity contribution >= 4 is 5.96 Å². The molecule has 0 aliphatic carbocycles. The van der Waals surface area contributed by atoms with Gasteiger partial charge in [-0.25, -0.2) is 0 Å². The van der Waals surface area contributed by atoms with Crippen LogP contribution in [-0.4, -0.2) is 43.6 Å². The van der Waals surface area contributed by atoms with Crippen molar-refractivity contribution in [1.82, 2.24) is 10.2 Å². The average molecular weight is 226 g/mol. The average Bonchev–Trinajstić information content (AvgIpc) is 2.74. The SMILES string of the molecule is CCCCNC(N)=NCC1CCN(CC)C1. The van der Waals surface area contributed by atoms with Crippen molar-refractivity contribution in [3.8, 4) is 0 Å². The largest absolute Gasteiger partial charge is 0.370 e. The maximum Gasteiger partial charge on any atom is 0.188 e. The second-order valence-electron chi connectivity index (χ2n) is 4.55. The molecule has 0 spiro atoms. The minimum absolute atomic E-state index is 0.614. The van der Waals surface area contributed by atoms with Crippen molar-refractivity contribution in [3.63, 3.8) is 0 Å². The maximum absolute atomic E-state index is 5.79. The Labute approximate surface area is 99.3 Å². The van der Waals surface area contributed by atoms with Gasteiger partial charge in [0.2, 0.25) is 0 Å². The molecule has 94 valence electrons. The summed E-state index contributed by atoms with van der Waals surface area (Å²) < 4.78 is 0. The molecule has 0 aromatic heterocycles. The summed E-state index contributed by atoms with van der Waals surface area (Å²) in [6, 6.07) is 0. The molecule has 1 heterocycles. The zero-order valence-electron chi connectivity index (χ0n) is 10.7. The summed E-state index contributed by atoms with van der Waals surface area (Å²) in [5, 5.41) is 3.15. The molecule has 0 aromatic carbocycles. The monoisotopic (exact) mass is 226 g/mol. The lowest BCUT2D eigenvalue weighted by Gasteiger charge is -2.12. The molecule has 4 heteroatoms. The Morgan fingerprint density at radius 3 is 2.94 bits per heavy atom. The van der Waals surface area contributed by atoms with Gasteiger partial charge in [-0.05, 0) is 31.8 Å². The molecular weight excluding hydrogens is 200 g/mol. The van der Waals surface area contributed by atoms with Crippen molar-refractivity contribution in [2.45, 2.75) is 33.1 Å². The normalized spacial score (nSPS) is 22.6. The first kappa shape index (κ1) is 13.3. The topological polar surface area (TPSA) is 53.6 Å². The molecule has 1 rings (SSSR count). The van der Waals surface area contributed by atoms with E-state index in [-0.39, 0.29) is 0 Å². The predicted octanol–water partition coefficient (Wildman–Crippen LogP) is 1.03. The third-order valence-electron chi connectivity index (χ3n) is 3.17. The highest BCUT2D eigenvalue weighted by atomic mass is 15.1. The van der Waals surface area contributed by atoms with Crippen LogP contribution >= 0.6 is 0 Å². The number of guanidine groups is 1. The number of rotatable bonds is 6. The first-order valence-electron chi connectivity index (χ1n) is 6.52. The van der Waals surface area contributed by atoms with E-state index in [4.69, 9.17) is 5.73 Å². The van der Waals surface area contributed by atoms with Gasteiger partial charge < -0.3 is 16.0 Å². The highest BCUT2D eigenvalue weighted by Crippen LogP contribution is 2.15. The molecule has 0 saturated carbocycles. The van der Waals surface area contributed by atoms with Crippen molar-refractivity contribution in [2.24, 2.45) is 16.6 Å². The van der Waals surface area contributed by atoms with E-state index >= 15 is 0 Å². The van der Waals surface area contributed by atoms with E-state index in [1.807, 2.05) is 0 Å². The molecule has 4 nitrogen and oxygen atoms in total. The van der Waals surface area contributed by atoms with Crippen LogP contribution in [0, 0.1) is 5.92 Å². The van der Waals surface area contributed by atoms with Gasteiger partial charge in [0.1, 0.15) is 0 Å². The molecule has 0 bridgehead atoms. The fraction of sp³-hybridized carbons (Fsp3) is 0.917. The number of hydrogen-bond acceptors (Lipinski definition) is 2. The van der Waals surface area contributed by atoms with Crippen LogP contribution in [0.5, 0.6) is 0 Å². The van der Waals surface area contributed by atoms with Crippen LogP contribution in [0.4, 0.5) is 0 Å². The third-order valence-corrected chi connectivity index (χ3v) is 3.17. The minimum Gasteiger partial charge on any atom is -0.370 e. The lowest BCUT2D eigenvalue weighted by molar-refractivity contribution is 0.343. The van der Waals surface area contributed by atoms with Gasteiger partial charge in [0.15, 0.2) is 5.96 Å². The summed E-state index contributed by atoms with van der Waals surface area (Å²) in [6.07, 6.45) is 3.61. The van der Waals surface area contributed by atoms with Crippen LogP contribution in [0.15, 0.2) is 4.99 Å². The number of aliphatic imine (C=N–C) groups is 1. The Hall–Kier alpha value is -0.770. The highest BCUT2D eigenvalue weighted by molar-refractivity contribution is 5.77. The van der Waals surface area contributed by atoms with Crippen LogP contribution in [0.2, 0.25) is 0 Å². The fourth-order valence-corrected chi connectivity index (χ4v) is 2.03. The van der Waals surface area contributed by atoms with Gasteiger partial charge in [-0.3, -0.25) is 4.99 Å². The summed E-state index contributed by atoms with van der Waals surface area (Å²) in [7, 11) is 0. The maximum atomic E-state index is 5.79. The van der Waals surface area contributed by atoms with E-state index in [1.165, 1.54) is 25.9 Å². The van der Waals surface area contributed by atoms with E-state index in [9.17, 15) is 0 Å². The highest BCUT2D eigenvalue weighted by Gasteiger charge is 2.20. The van der Waals surface area contributed by atoms with Gasteiger partial charge in [0.25, 0.3) is 0 Å². The minimum atomic E-state index is 0.614. The zero-order chi connectivity index (χ0) is 11.8. The molecule has 1 unspecified atom stereocenters. The van der Waals surface area contributed by atoms with Gasteiger partial charge in [0, 0.05) is 19.6 Å². The van der Waals surface area contributed by atoms with Gasteiger partial charge in [-0.2, -0.15) is 0 Å². The van der Waals surface area contributed by atoms with Gasteiger partial charge in [0.05, 0.1) is 0 Å². The van der Waals surface area contributed by atoms with E-state index in [0.29, 0.717) is 11.9 Å². The second kappa shape index (κ2) is 7.49. The summed E-state index contributed by atoms with van der Waals surface area (Å²) >= 11 is 0. The van der Waals surface area contributed by atoms with Crippen LogP contribution in [0.3, 0.4) is 0 Å². The summed E-state index contributed by atoms with van der Waals surface area (Å²) in [4.78, 5) is 6.88. The molecule has 1 aliphatic rings. The summed E-state index contributed by atoms with van der Waals surface area (Å²) in [5.41, 5.74) is 5.79. The number of nitrogens with zero attached hydrogens (tertiary/aromatic N) is 2. The van der Waals surface area contributed by atoms with Crippen LogP contribution < -0.4 is 11.1 Å². The number of nitrogens with one attached hydrogen (secondary N) is 1. The van der Waals surface area contributed by atoms with Crippen molar-refractivity contribution in [2.75, 3.05) is 32.7 Å². The standard InChI is InChI=1S/C12H26N4/c1-3-5-7-14-12(13)15-9-11-6-8-16(4-2)10-11/h11H,3-10H2,1-2H3,(H3,13,14,15). The number of unbranched alkanes of at least 4 members (excludes halogenated alkanes) is 1. The quantitative estimate of drug-likeness (QED) is 0.404. The third kappa shape index (κ3) is 4.84.